The summed E-state index contributed by atoms with van der Waals surface area (Å²) in [6.07, 6.45) is 28.6. The fraction of sp³-hybridized carbons (Fsp3) is 0.513. The lowest BCUT2D eigenvalue weighted by atomic mass is 9.78. The molecule has 0 aliphatic heterocycles. The minimum Gasteiger partial charge on any atom is -0.494 e. The van der Waals surface area contributed by atoms with Gasteiger partial charge in [-0.05, 0) is 118 Å². The van der Waals surface area contributed by atoms with E-state index >= 15 is 0 Å². The molecule has 0 saturated carbocycles. The van der Waals surface area contributed by atoms with Crippen LogP contribution in [0.15, 0.2) is 121 Å². The van der Waals surface area contributed by atoms with Gasteiger partial charge in [0.1, 0.15) is 34.2 Å². The molecule has 0 amide bonds. The third kappa shape index (κ3) is 18.9. The molecular weight excluding hydrogens is 1220 g/mol. The van der Waals surface area contributed by atoms with Crippen molar-refractivity contribution in [3.8, 4) is 42.5 Å². The first-order chi connectivity index (χ1) is 43.5. The lowest BCUT2D eigenvalue weighted by molar-refractivity contribution is 0.127. The summed E-state index contributed by atoms with van der Waals surface area (Å²) < 4.78 is 30.5. The van der Waals surface area contributed by atoms with Crippen molar-refractivity contribution in [1.29, 1.82) is 0 Å². The molecule has 0 unspecified atom stereocenters. The standard InChI is InChI=1S/C78H108O6S4Si2/c1-11-15-19-23-27-31-55-81-63-43-35-59(36-44-63)77(79,60-37-45-64(46-38-60)82-56-32-28-24-20-16-12-2)71-73(67-51-53-69(85-67)89(5,6)7)87-76-72(74(88-75(71)76)68-52-54-70(86-68)90(8,9)10)78(80,61-39-47-65(48-40-61)83-57-33-29-25-21-17-13-3)62-41-49-66(50-42-62)84-58-34-30-26-22-18-14-4/h35-54,79-80H,11-34,55-58H2,1-10H3. The van der Waals surface area contributed by atoms with Crippen LogP contribution in [0.3, 0.4) is 0 Å². The van der Waals surface area contributed by atoms with E-state index in [-0.39, 0.29) is 0 Å². The van der Waals surface area contributed by atoms with Gasteiger partial charge in [-0.15, -0.1) is 45.3 Å². The molecule has 0 spiro atoms. The maximum Gasteiger partial charge on any atom is 0.143 e. The van der Waals surface area contributed by atoms with Crippen LogP contribution in [0, 0.1) is 0 Å². The van der Waals surface area contributed by atoms with E-state index in [0.717, 1.165) is 137 Å². The molecule has 0 radical (unpaired) electrons. The number of unbranched alkanes of at least 4 members (excludes halogenated alkanes) is 20. The van der Waals surface area contributed by atoms with Crippen molar-refractivity contribution < 1.29 is 29.2 Å². The fourth-order valence-corrected chi connectivity index (χ4v) is 21.1. The fourth-order valence-electron chi connectivity index (χ4n) is 12.0. The van der Waals surface area contributed by atoms with Crippen LogP contribution in [-0.2, 0) is 11.2 Å². The van der Waals surface area contributed by atoms with Crippen molar-refractivity contribution in [1.82, 2.24) is 0 Å². The number of fused-ring (bicyclic) bond motifs is 1. The molecule has 0 atom stereocenters. The summed E-state index contributed by atoms with van der Waals surface area (Å²) in [7, 11) is -3.56. The Kier molecular flexibility index (Phi) is 27.8. The Bertz CT molecular complexity index is 2990. The number of aliphatic hydroxyl groups is 2. The van der Waals surface area contributed by atoms with Crippen LogP contribution < -0.4 is 27.9 Å². The molecule has 4 heterocycles. The van der Waals surface area contributed by atoms with Gasteiger partial charge in [-0.3, -0.25) is 0 Å². The minimum atomic E-state index is -1.78. The van der Waals surface area contributed by atoms with Gasteiger partial charge < -0.3 is 29.2 Å². The lowest BCUT2D eigenvalue weighted by Gasteiger charge is -2.31. The second-order valence-corrected chi connectivity index (χ2v) is 42.1. The van der Waals surface area contributed by atoms with E-state index in [0.29, 0.717) is 26.4 Å². The van der Waals surface area contributed by atoms with E-state index in [1.807, 2.05) is 71.2 Å². The van der Waals surface area contributed by atoms with Gasteiger partial charge >= 0.3 is 0 Å². The number of thiophene rings is 4. The third-order valence-electron chi connectivity index (χ3n) is 17.5. The van der Waals surface area contributed by atoms with E-state index in [4.69, 9.17) is 18.9 Å². The molecule has 8 aromatic rings. The predicted molar refractivity (Wildman–Crippen MR) is 398 cm³/mol. The molecule has 2 N–H and O–H groups in total. The predicted octanol–water partition coefficient (Wildman–Crippen LogP) is 23.0. The highest BCUT2D eigenvalue weighted by molar-refractivity contribution is 7.36. The normalized spacial score (nSPS) is 12.4. The maximum absolute atomic E-state index is 14.8. The van der Waals surface area contributed by atoms with Crippen molar-refractivity contribution in [3.05, 3.63) is 155 Å². The van der Waals surface area contributed by atoms with Crippen molar-refractivity contribution in [3.63, 3.8) is 0 Å². The van der Waals surface area contributed by atoms with Crippen LogP contribution in [0.2, 0.25) is 39.3 Å². The van der Waals surface area contributed by atoms with E-state index in [9.17, 15) is 10.2 Å². The zero-order valence-corrected chi connectivity index (χ0v) is 61.8. The highest BCUT2D eigenvalue weighted by Crippen LogP contribution is 2.59. The lowest BCUT2D eigenvalue weighted by Crippen LogP contribution is -2.34. The molecule has 0 aliphatic rings. The average Bonchev–Trinajstić information content (AvgIpc) is 1.53. The van der Waals surface area contributed by atoms with Crippen LogP contribution in [0.25, 0.3) is 28.9 Å². The van der Waals surface area contributed by atoms with E-state index in [1.165, 1.54) is 112 Å². The number of rotatable bonds is 42. The first-order valence-electron chi connectivity index (χ1n) is 34.7. The Morgan fingerprint density at radius 2 is 0.533 bits per heavy atom. The van der Waals surface area contributed by atoms with Crippen LogP contribution >= 0.6 is 45.3 Å². The molecule has 8 rings (SSSR count). The summed E-state index contributed by atoms with van der Waals surface area (Å²) in [6, 6.07) is 42.2. The molecule has 0 aliphatic carbocycles. The Balaban J connectivity index is 1.34. The summed E-state index contributed by atoms with van der Waals surface area (Å²) >= 11 is 7.14. The minimum absolute atomic E-state index is 0.652. The highest BCUT2D eigenvalue weighted by Gasteiger charge is 2.46. The molecule has 4 aromatic heterocycles. The van der Waals surface area contributed by atoms with Gasteiger partial charge in [0, 0.05) is 20.9 Å². The number of benzene rings is 4. The van der Waals surface area contributed by atoms with E-state index in [1.54, 1.807) is 22.7 Å². The van der Waals surface area contributed by atoms with Gasteiger partial charge in [0.05, 0.1) is 61.7 Å². The number of hydrogen-bond acceptors (Lipinski definition) is 10. The monoisotopic (exact) mass is 1320 g/mol. The van der Waals surface area contributed by atoms with Gasteiger partial charge in [-0.2, -0.15) is 0 Å². The van der Waals surface area contributed by atoms with Crippen molar-refractivity contribution in [2.24, 2.45) is 0 Å². The van der Waals surface area contributed by atoms with Gasteiger partial charge in [-0.25, -0.2) is 0 Å². The number of hydrogen-bond donors (Lipinski definition) is 2. The van der Waals surface area contributed by atoms with Gasteiger partial charge in [0.15, 0.2) is 0 Å². The Hall–Kier alpha value is -4.51. The summed E-state index contributed by atoms with van der Waals surface area (Å²) in [5.74, 6) is 3.17. The molecule has 90 heavy (non-hydrogen) atoms. The number of ether oxygens (including phenoxy) is 4. The first-order valence-corrected chi connectivity index (χ1v) is 45.0. The Morgan fingerprint density at radius 1 is 0.300 bits per heavy atom. The summed E-state index contributed by atoms with van der Waals surface area (Å²) in [6.45, 7) is 26.1. The molecule has 6 nitrogen and oxygen atoms in total. The second kappa shape index (κ2) is 35.1. The molecule has 4 aromatic carbocycles. The summed E-state index contributed by atoms with van der Waals surface area (Å²) in [5, 5.41) is 29.5. The quantitative estimate of drug-likeness (QED) is 0.0293. The van der Waals surface area contributed by atoms with Gasteiger partial charge in [0.2, 0.25) is 0 Å². The largest absolute Gasteiger partial charge is 0.494 e. The smallest absolute Gasteiger partial charge is 0.143 e. The molecular formula is C78H108O6S4Si2. The van der Waals surface area contributed by atoms with Crippen LogP contribution in [0.1, 0.15) is 215 Å². The average molecular weight is 1330 g/mol. The molecule has 0 fully saturated rings. The maximum atomic E-state index is 14.8. The van der Waals surface area contributed by atoms with Crippen LogP contribution in [-0.4, -0.2) is 52.8 Å². The summed E-state index contributed by atoms with van der Waals surface area (Å²) in [5.41, 5.74) is 1.29. The third-order valence-corrected chi connectivity index (χ3v) is 29.8. The second-order valence-electron chi connectivity index (χ2n) is 27.1. The Labute approximate surface area is 560 Å². The van der Waals surface area contributed by atoms with Crippen molar-refractivity contribution in [2.75, 3.05) is 26.4 Å². The highest BCUT2D eigenvalue weighted by atomic mass is 32.1. The topological polar surface area (TPSA) is 77.4 Å². The summed E-state index contributed by atoms with van der Waals surface area (Å²) in [4.78, 5) is 4.22. The van der Waals surface area contributed by atoms with Crippen molar-refractivity contribution >= 4 is 79.9 Å². The van der Waals surface area contributed by atoms with Crippen LogP contribution in [0.4, 0.5) is 0 Å². The van der Waals surface area contributed by atoms with Gasteiger partial charge in [-0.1, -0.05) is 256 Å². The molecule has 12 heteroatoms. The van der Waals surface area contributed by atoms with E-state index < -0.39 is 27.3 Å². The van der Waals surface area contributed by atoms with E-state index in [2.05, 4.69) is 140 Å². The first kappa shape index (κ1) is 71.3. The molecule has 488 valence electrons. The SMILES string of the molecule is CCCCCCCCOc1ccc(C(O)(c2ccc(OCCCCCCCC)cc2)c2c(-c3ccc([Si](C)(C)C)s3)sc3c(C(O)(c4ccc(OCCCCCCCC)cc4)c4ccc(OCCCCCCCC)cc4)c(-c4ccc([Si](C)(C)C)s4)sc23)cc1. The zero-order chi connectivity index (χ0) is 64.0. The van der Waals surface area contributed by atoms with Crippen LogP contribution in [0.5, 0.6) is 23.0 Å². The molecule has 0 saturated heterocycles. The zero-order valence-electron chi connectivity index (χ0n) is 56.5. The van der Waals surface area contributed by atoms with Crippen molar-refractivity contribution in [2.45, 2.75) is 232 Å². The Morgan fingerprint density at radius 3 is 0.756 bits per heavy atom. The van der Waals surface area contributed by atoms with Gasteiger partial charge in [0.25, 0.3) is 0 Å². The molecule has 0 bridgehead atoms.